The number of rotatable bonds is 3. The molecule has 102 valence electrons. The molecule has 0 aliphatic heterocycles. The van der Waals surface area contributed by atoms with Gasteiger partial charge in [0.05, 0.1) is 16.9 Å². The third-order valence-electron chi connectivity index (χ3n) is 2.74. The first kappa shape index (κ1) is 12.5. The van der Waals surface area contributed by atoms with Gasteiger partial charge in [0.15, 0.2) is 5.82 Å². The average Bonchev–Trinajstić information content (AvgIpc) is 3.01. The van der Waals surface area contributed by atoms with Crippen molar-refractivity contribution in [1.29, 1.82) is 0 Å². The molecule has 0 fully saturated rings. The Kier molecular flexibility index (Phi) is 3.07. The Morgan fingerprint density at radius 1 is 1.50 bits per heavy atom. The number of hydrogen-bond acceptors (Lipinski definition) is 6. The second-order valence-electron chi connectivity index (χ2n) is 4.21. The lowest BCUT2D eigenvalue weighted by molar-refractivity contribution is 0.0955. The fourth-order valence-corrected chi connectivity index (χ4v) is 2.82. The van der Waals surface area contributed by atoms with Gasteiger partial charge in [0.1, 0.15) is 16.7 Å². The van der Waals surface area contributed by atoms with E-state index in [1.54, 1.807) is 24.3 Å². The zero-order valence-electron chi connectivity index (χ0n) is 10.7. The van der Waals surface area contributed by atoms with Crippen molar-refractivity contribution in [2.45, 2.75) is 6.54 Å². The van der Waals surface area contributed by atoms with Gasteiger partial charge < -0.3 is 11.1 Å². The molecule has 0 spiro atoms. The first-order valence-electron chi connectivity index (χ1n) is 5.91. The van der Waals surface area contributed by atoms with Crippen LogP contribution >= 0.6 is 11.3 Å². The highest BCUT2D eigenvalue weighted by Crippen LogP contribution is 2.31. The number of carbonyl (C=O) groups is 1. The minimum atomic E-state index is -0.238. The number of amides is 1. The summed E-state index contributed by atoms with van der Waals surface area (Å²) in [5.41, 5.74) is 7.04. The van der Waals surface area contributed by atoms with E-state index in [1.165, 1.54) is 11.3 Å². The van der Waals surface area contributed by atoms with E-state index in [1.807, 2.05) is 12.1 Å². The molecule has 8 heteroatoms. The molecular formula is C12H12N6OS. The second kappa shape index (κ2) is 4.89. The highest BCUT2D eigenvalue weighted by molar-refractivity contribution is 7.21. The van der Waals surface area contributed by atoms with Crippen LogP contribution in [0, 0.1) is 0 Å². The Bertz CT molecular complexity index is 777. The number of carbonyl (C=O) groups excluding carboxylic acids is 1. The number of thiophene rings is 1. The van der Waals surface area contributed by atoms with Crippen LogP contribution in [0.25, 0.3) is 10.2 Å². The van der Waals surface area contributed by atoms with Gasteiger partial charge in [0.2, 0.25) is 0 Å². The quantitative estimate of drug-likeness (QED) is 0.747. The summed E-state index contributed by atoms with van der Waals surface area (Å²) in [4.78, 5) is 20.8. The second-order valence-corrected chi connectivity index (χ2v) is 5.26. The van der Waals surface area contributed by atoms with Gasteiger partial charge in [-0.15, -0.1) is 11.3 Å². The highest BCUT2D eigenvalue weighted by Gasteiger charge is 2.17. The van der Waals surface area contributed by atoms with E-state index in [9.17, 15) is 4.79 Å². The van der Waals surface area contributed by atoms with Crippen LogP contribution in [0.15, 0.2) is 24.7 Å². The smallest absolute Gasteiger partial charge is 0.263 e. The number of nitrogens with one attached hydrogen (secondary N) is 1. The van der Waals surface area contributed by atoms with Crippen molar-refractivity contribution < 1.29 is 4.79 Å². The highest BCUT2D eigenvalue weighted by atomic mass is 32.1. The summed E-state index contributed by atoms with van der Waals surface area (Å²) in [6.07, 6.45) is 3.24. The summed E-state index contributed by atoms with van der Waals surface area (Å²) in [6.45, 7) is 0.265. The summed E-state index contributed by atoms with van der Waals surface area (Å²) in [6, 6.07) is 3.71. The number of fused-ring (bicyclic) bond motifs is 1. The third kappa shape index (κ3) is 2.21. The number of aromatic nitrogens is 4. The van der Waals surface area contributed by atoms with Gasteiger partial charge >= 0.3 is 0 Å². The molecule has 3 N–H and O–H groups in total. The Balaban J connectivity index is 1.80. The van der Waals surface area contributed by atoms with E-state index < -0.39 is 0 Å². The predicted octanol–water partition coefficient (Wildman–Crippen LogP) is 0.937. The Morgan fingerprint density at radius 3 is 3.05 bits per heavy atom. The topological polar surface area (TPSA) is 98.7 Å². The standard InChI is InChI=1S/C12H12N6OS/c1-18-6-16-8(17-18)5-15-12(19)11-9(13)10-7(20-11)3-2-4-14-10/h2-4,6H,5,13H2,1H3,(H,15,19). The molecule has 0 aliphatic rings. The van der Waals surface area contributed by atoms with E-state index in [4.69, 9.17) is 5.73 Å². The van der Waals surface area contributed by atoms with E-state index >= 15 is 0 Å². The number of nitrogen functional groups attached to an aromatic ring is 1. The van der Waals surface area contributed by atoms with Gasteiger partial charge in [-0.2, -0.15) is 5.10 Å². The van der Waals surface area contributed by atoms with Gasteiger partial charge in [-0.1, -0.05) is 0 Å². The Hall–Kier alpha value is -2.48. The van der Waals surface area contributed by atoms with Crippen molar-refractivity contribution in [3.05, 3.63) is 35.4 Å². The van der Waals surface area contributed by atoms with Crippen molar-refractivity contribution in [2.24, 2.45) is 7.05 Å². The Labute approximate surface area is 118 Å². The molecule has 0 aliphatic carbocycles. The molecule has 0 bridgehead atoms. The van der Waals surface area contributed by atoms with Crippen molar-refractivity contribution >= 4 is 33.1 Å². The summed E-state index contributed by atoms with van der Waals surface area (Å²) in [5, 5.41) is 6.85. The van der Waals surface area contributed by atoms with Gasteiger partial charge in [-0.05, 0) is 12.1 Å². The van der Waals surface area contributed by atoms with Crippen molar-refractivity contribution in [1.82, 2.24) is 25.1 Å². The van der Waals surface area contributed by atoms with Crippen LogP contribution in [0.3, 0.4) is 0 Å². The number of hydrogen-bond donors (Lipinski definition) is 2. The van der Waals surface area contributed by atoms with Crippen LogP contribution in [0.2, 0.25) is 0 Å². The average molecular weight is 288 g/mol. The number of aryl methyl sites for hydroxylation is 1. The molecule has 0 saturated heterocycles. The van der Waals surface area contributed by atoms with Gasteiger partial charge in [-0.25, -0.2) is 4.98 Å². The maximum absolute atomic E-state index is 12.1. The zero-order chi connectivity index (χ0) is 14.1. The number of pyridine rings is 1. The molecule has 3 rings (SSSR count). The molecule has 3 aromatic heterocycles. The molecule has 1 amide bonds. The summed E-state index contributed by atoms with van der Waals surface area (Å²) >= 11 is 1.33. The maximum atomic E-state index is 12.1. The fourth-order valence-electron chi connectivity index (χ4n) is 1.82. The Morgan fingerprint density at radius 2 is 2.35 bits per heavy atom. The van der Waals surface area contributed by atoms with Crippen LogP contribution in [0.5, 0.6) is 0 Å². The van der Waals surface area contributed by atoms with Crippen molar-refractivity contribution in [3.8, 4) is 0 Å². The lowest BCUT2D eigenvalue weighted by Gasteiger charge is -2.01. The molecule has 20 heavy (non-hydrogen) atoms. The van der Waals surface area contributed by atoms with E-state index in [0.29, 0.717) is 21.9 Å². The van der Waals surface area contributed by atoms with Gasteiger partial charge in [-0.3, -0.25) is 14.5 Å². The van der Waals surface area contributed by atoms with Crippen LogP contribution in [0.4, 0.5) is 5.69 Å². The molecule has 3 heterocycles. The number of nitrogens with two attached hydrogens (primary N) is 1. The maximum Gasteiger partial charge on any atom is 0.263 e. The molecule has 0 unspecified atom stereocenters. The SMILES string of the molecule is Cn1cnc(CNC(=O)c2sc3cccnc3c2N)n1. The lowest BCUT2D eigenvalue weighted by atomic mass is 10.3. The minimum Gasteiger partial charge on any atom is -0.396 e. The van der Waals surface area contributed by atoms with E-state index in [2.05, 4.69) is 20.4 Å². The van der Waals surface area contributed by atoms with Gasteiger partial charge in [0.25, 0.3) is 5.91 Å². The number of anilines is 1. The number of nitrogens with zero attached hydrogens (tertiary/aromatic N) is 4. The third-order valence-corrected chi connectivity index (χ3v) is 3.90. The normalized spacial score (nSPS) is 10.8. The lowest BCUT2D eigenvalue weighted by Crippen LogP contribution is -2.23. The summed E-state index contributed by atoms with van der Waals surface area (Å²) in [7, 11) is 1.77. The van der Waals surface area contributed by atoms with Crippen LogP contribution in [0.1, 0.15) is 15.5 Å². The first-order chi connectivity index (χ1) is 9.65. The van der Waals surface area contributed by atoms with E-state index in [-0.39, 0.29) is 12.5 Å². The molecule has 7 nitrogen and oxygen atoms in total. The van der Waals surface area contributed by atoms with Crippen molar-refractivity contribution in [2.75, 3.05) is 5.73 Å². The molecular weight excluding hydrogens is 276 g/mol. The molecule has 0 atom stereocenters. The van der Waals surface area contributed by atoms with Gasteiger partial charge in [0, 0.05) is 13.2 Å². The predicted molar refractivity (Wildman–Crippen MR) is 76.2 cm³/mol. The van der Waals surface area contributed by atoms with Crippen LogP contribution in [-0.4, -0.2) is 25.7 Å². The first-order valence-corrected chi connectivity index (χ1v) is 6.72. The summed E-state index contributed by atoms with van der Waals surface area (Å²) < 4.78 is 2.48. The summed E-state index contributed by atoms with van der Waals surface area (Å²) in [5.74, 6) is 0.316. The van der Waals surface area contributed by atoms with Crippen LogP contribution < -0.4 is 11.1 Å². The van der Waals surface area contributed by atoms with Crippen molar-refractivity contribution in [3.63, 3.8) is 0 Å². The molecule has 3 aromatic rings. The fraction of sp³-hybridized carbons (Fsp3) is 0.167. The monoisotopic (exact) mass is 288 g/mol. The molecule has 0 radical (unpaired) electrons. The van der Waals surface area contributed by atoms with E-state index in [0.717, 1.165) is 4.70 Å². The molecule has 0 saturated carbocycles. The largest absolute Gasteiger partial charge is 0.396 e. The van der Waals surface area contributed by atoms with Crippen LogP contribution in [-0.2, 0) is 13.6 Å². The molecule has 0 aromatic carbocycles. The minimum absolute atomic E-state index is 0.238. The zero-order valence-corrected chi connectivity index (χ0v) is 11.5.